The van der Waals surface area contributed by atoms with Crippen LogP contribution < -0.4 is 0 Å². The zero-order chi connectivity index (χ0) is 14.3. The molecule has 0 spiro atoms. The predicted molar refractivity (Wildman–Crippen MR) is 74.8 cm³/mol. The molecule has 3 fully saturated rings. The molecule has 0 N–H and O–H groups in total. The van der Waals surface area contributed by atoms with Crippen molar-refractivity contribution in [1.29, 1.82) is 0 Å². The standard InChI is InChI=1S/C16H25NO3/c1-10-8-17(9-14(10)16(19)20-2)15(18)7-13-6-11-3-4-12(13)5-11/h10-14H,3-9H2,1-2H3. The molecular formula is C16H25NO3. The molecule has 1 heterocycles. The first-order chi connectivity index (χ1) is 9.58. The summed E-state index contributed by atoms with van der Waals surface area (Å²) < 4.78 is 4.83. The number of carbonyl (C=O) groups excluding carboxylic acids is 2. The van der Waals surface area contributed by atoms with Crippen molar-refractivity contribution >= 4 is 11.9 Å². The number of methoxy groups -OCH3 is 1. The molecule has 1 saturated heterocycles. The van der Waals surface area contributed by atoms with E-state index in [-0.39, 0.29) is 23.7 Å². The van der Waals surface area contributed by atoms with E-state index in [1.807, 2.05) is 11.8 Å². The van der Waals surface area contributed by atoms with E-state index in [0.717, 1.165) is 11.8 Å². The van der Waals surface area contributed by atoms with E-state index in [1.54, 1.807) is 0 Å². The van der Waals surface area contributed by atoms with E-state index in [9.17, 15) is 9.59 Å². The summed E-state index contributed by atoms with van der Waals surface area (Å²) in [4.78, 5) is 26.0. The Hall–Kier alpha value is -1.06. The first-order valence-electron chi connectivity index (χ1n) is 7.94. The summed E-state index contributed by atoms with van der Waals surface area (Å²) in [6.07, 6.45) is 5.99. The maximum Gasteiger partial charge on any atom is 0.310 e. The minimum absolute atomic E-state index is 0.135. The Morgan fingerprint density at radius 1 is 1.20 bits per heavy atom. The van der Waals surface area contributed by atoms with Gasteiger partial charge < -0.3 is 9.64 Å². The second-order valence-corrected chi connectivity index (χ2v) is 7.04. The van der Waals surface area contributed by atoms with Crippen LogP contribution in [0.1, 0.15) is 39.0 Å². The summed E-state index contributed by atoms with van der Waals surface area (Å²) in [7, 11) is 1.43. The zero-order valence-electron chi connectivity index (χ0n) is 12.5. The Morgan fingerprint density at radius 3 is 2.60 bits per heavy atom. The lowest BCUT2D eigenvalue weighted by Crippen LogP contribution is -2.32. The summed E-state index contributed by atoms with van der Waals surface area (Å²) in [5.41, 5.74) is 0. The van der Waals surface area contributed by atoms with Crippen molar-refractivity contribution in [1.82, 2.24) is 4.90 Å². The fourth-order valence-corrected chi connectivity index (χ4v) is 4.61. The lowest BCUT2D eigenvalue weighted by molar-refractivity contribution is -0.146. The largest absolute Gasteiger partial charge is 0.469 e. The molecule has 4 nitrogen and oxygen atoms in total. The summed E-state index contributed by atoms with van der Waals surface area (Å²) in [6.45, 7) is 3.29. The van der Waals surface area contributed by atoms with Crippen LogP contribution in [0.4, 0.5) is 0 Å². The predicted octanol–water partition coefficient (Wildman–Crippen LogP) is 2.08. The van der Waals surface area contributed by atoms with Crippen LogP contribution >= 0.6 is 0 Å². The molecule has 0 aromatic heterocycles. The molecule has 0 aromatic rings. The third kappa shape index (κ3) is 2.45. The number of carbonyl (C=O) groups is 2. The van der Waals surface area contributed by atoms with Crippen LogP contribution in [0.5, 0.6) is 0 Å². The monoisotopic (exact) mass is 279 g/mol. The average molecular weight is 279 g/mol. The molecule has 2 aliphatic carbocycles. The van der Waals surface area contributed by atoms with Crippen LogP contribution in [0.25, 0.3) is 0 Å². The van der Waals surface area contributed by atoms with Crippen LogP contribution in [0.3, 0.4) is 0 Å². The molecule has 3 rings (SSSR count). The minimum Gasteiger partial charge on any atom is -0.469 e. The quantitative estimate of drug-likeness (QED) is 0.743. The van der Waals surface area contributed by atoms with E-state index in [4.69, 9.17) is 4.74 Å². The molecule has 0 radical (unpaired) electrons. The fraction of sp³-hybridized carbons (Fsp3) is 0.875. The van der Waals surface area contributed by atoms with Gasteiger partial charge >= 0.3 is 5.97 Å². The smallest absolute Gasteiger partial charge is 0.310 e. The highest BCUT2D eigenvalue weighted by Crippen LogP contribution is 2.49. The number of esters is 1. The van der Waals surface area contributed by atoms with Gasteiger partial charge in [0.2, 0.25) is 5.91 Å². The molecule has 3 aliphatic rings. The number of hydrogen-bond acceptors (Lipinski definition) is 3. The molecule has 0 aromatic carbocycles. The van der Waals surface area contributed by atoms with Gasteiger partial charge in [0.15, 0.2) is 0 Å². The number of nitrogens with zero attached hydrogens (tertiary/aromatic N) is 1. The molecule has 1 amide bonds. The van der Waals surface area contributed by atoms with Crippen molar-refractivity contribution in [2.24, 2.45) is 29.6 Å². The van der Waals surface area contributed by atoms with Gasteiger partial charge in [0, 0.05) is 19.5 Å². The molecular weight excluding hydrogens is 254 g/mol. The van der Waals surface area contributed by atoms with E-state index in [1.165, 1.54) is 32.8 Å². The first-order valence-corrected chi connectivity index (χ1v) is 7.94. The number of hydrogen-bond donors (Lipinski definition) is 0. The Morgan fingerprint density at radius 2 is 2.00 bits per heavy atom. The number of likely N-dealkylation sites (tertiary alicyclic amines) is 1. The van der Waals surface area contributed by atoms with Gasteiger partial charge in [0.1, 0.15) is 0 Å². The second kappa shape index (κ2) is 5.38. The van der Waals surface area contributed by atoms with Gasteiger partial charge in [-0.2, -0.15) is 0 Å². The van der Waals surface area contributed by atoms with Gasteiger partial charge in [-0.15, -0.1) is 0 Å². The molecule has 5 unspecified atom stereocenters. The van der Waals surface area contributed by atoms with Crippen LogP contribution in [-0.2, 0) is 14.3 Å². The van der Waals surface area contributed by atoms with Crippen molar-refractivity contribution in [3.05, 3.63) is 0 Å². The third-order valence-electron chi connectivity index (χ3n) is 5.79. The highest BCUT2D eigenvalue weighted by Gasteiger charge is 2.42. The van der Waals surface area contributed by atoms with Gasteiger partial charge in [0.25, 0.3) is 0 Å². The molecule has 2 bridgehead atoms. The fourth-order valence-electron chi connectivity index (χ4n) is 4.61. The number of rotatable bonds is 3. The Kier molecular flexibility index (Phi) is 3.74. The second-order valence-electron chi connectivity index (χ2n) is 7.04. The summed E-state index contributed by atoms with van der Waals surface area (Å²) in [6, 6.07) is 0. The number of fused-ring (bicyclic) bond motifs is 2. The molecule has 112 valence electrons. The molecule has 4 heteroatoms. The Labute approximate surface area is 120 Å². The van der Waals surface area contributed by atoms with Crippen molar-refractivity contribution in [2.75, 3.05) is 20.2 Å². The van der Waals surface area contributed by atoms with Crippen molar-refractivity contribution < 1.29 is 14.3 Å². The topological polar surface area (TPSA) is 46.6 Å². The molecule has 1 aliphatic heterocycles. The lowest BCUT2D eigenvalue weighted by atomic mass is 9.86. The van der Waals surface area contributed by atoms with Crippen molar-refractivity contribution in [3.8, 4) is 0 Å². The highest BCUT2D eigenvalue weighted by atomic mass is 16.5. The van der Waals surface area contributed by atoms with Crippen LogP contribution in [0.15, 0.2) is 0 Å². The number of ether oxygens (including phenoxy) is 1. The number of amides is 1. The van der Waals surface area contributed by atoms with Crippen LogP contribution in [0.2, 0.25) is 0 Å². The average Bonchev–Trinajstić information content (AvgIpc) is 3.12. The van der Waals surface area contributed by atoms with Crippen LogP contribution in [-0.4, -0.2) is 37.0 Å². The van der Waals surface area contributed by atoms with Gasteiger partial charge in [-0.05, 0) is 42.9 Å². The van der Waals surface area contributed by atoms with E-state index in [2.05, 4.69) is 0 Å². The zero-order valence-corrected chi connectivity index (χ0v) is 12.5. The van der Waals surface area contributed by atoms with Crippen molar-refractivity contribution in [2.45, 2.75) is 39.0 Å². The maximum absolute atomic E-state index is 12.5. The summed E-state index contributed by atoms with van der Waals surface area (Å²) >= 11 is 0. The van der Waals surface area contributed by atoms with Gasteiger partial charge in [-0.1, -0.05) is 13.3 Å². The summed E-state index contributed by atoms with van der Waals surface area (Å²) in [5.74, 6) is 2.44. The van der Waals surface area contributed by atoms with E-state index < -0.39 is 0 Å². The normalized spacial score (nSPS) is 39.3. The maximum atomic E-state index is 12.5. The lowest BCUT2D eigenvalue weighted by Gasteiger charge is -2.24. The Balaban J connectivity index is 1.55. The first kappa shape index (κ1) is 13.9. The van der Waals surface area contributed by atoms with Crippen LogP contribution in [0, 0.1) is 29.6 Å². The van der Waals surface area contributed by atoms with E-state index in [0.29, 0.717) is 25.4 Å². The Bertz CT molecular complexity index is 409. The van der Waals surface area contributed by atoms with Gasteiger partial charge in [0.05, 0.1) is 13.0 Å². The SMILES string of the molecule is COC(=O)C1CN(C(=O)CC2CC3CCC2C3)CC1C. The highest BCUT2D eigenvalue weighted by molar-refractivity contribution is 5.79. The molecule has 20 heavy (non-hydrogen) atoms. The summed E-state index contributed by atoms with van der Waals surface area (Å²) in [5, 5.41) is 0. The minimum atomic E-state index is -0.173. The van der Waals surface area contributed by atoms with Gasteiger partial charge in [-0.3, -0.25) is 9.59 Å². The molecule has 2 saturated carbocycles. The third-order valence-corrected chi connectivity index (χ3v) is 5.79. The molecule has 5 atom stereocenters. The van der Waals surface area contributed by atoms with Gasteiger partial charge in [-0.25, -0.2) is 0 Å². The van der Waals surface area contributed by atoms with Crippen molar-refractivity contribution in [3.63, 3.8) is 0 Å². The van der Waals surface area contributed by atoms with E-state index >= 15 is 0 Å².